The van der Waals surface area contributed by atoms with E-state index in [0.717, 1.165) is 0 Å². The van der Waals surface area contributed by atoms with Gasteiger partial charge in [-0.25, -0.2) is 9.78 Å². The quantitative estimate of drug-likeness (QED) is 0.917. The lowest BCUT2D eigenvalue weighted by Crippen LogP contribution is -2.00. The molecule has 1 aromatic heterocycles. The number of hydrogen-bond donors (Lipinski definition) is 1. The van der Waals surface area contributed by atoms with Crippen molar-refractivity contribution in [2.24, 2.45) is 0 Å². The minimum atomic E-state index is -1.11. The van der Waals surface area contributed by atoms with E-state index in [9.17, 15) is 4.79 Å². The van der Waals surface area contributed by atoms with Crippen molar-refractivity contribution in [1.82, 2.24) is 4.98 Å². The Hall–Kier alpha value is -3.07. The zero-order chi connectivity index (χ0) is 14.5. The predicted molar refractivity (Wildman–Crippen MR) is 69.0 cm³/mol. The number of carbonyl (C=O) groups is 1. The summed E-state index contributed by atoms with van der Waals surface area (Å²) in [6.45, 7) is 0. The van der Waals surface area contributed by atoms with Crippen LogP contribution in [-0.4, -0.2) is 23.2 Å². The van der Waals surface area contributed by atoms with Crippen molar-refractivity contribution in [1.29, 1.82) is 5.26 Å². The predicted octanol–water partition coefficient (Wildman–Crippen LogP) is 2.45. The number of aromatic nitrogens is 1. The monoisotopic (exact) mass is 270 g/mol. The summed E-state index contributed by atoms with van der Waals surface area (Å²) in [6.07, 6.45) is 1.35. The van der Waals surface area contributed by atoms with Gasteiger partial charge in [-0.05, 0) is 24.3 Å². The smallest absolute Gasteiger partial charge is 0.339 e. The lowest BCUT2D eigenvalue weighted by Gasteiger charge is -2.10. The van der Waals surface area contributed by atoms with Gasteiger partial charge in [-0.15, -0.1) is 0 Å². The molecule has 6 nitrogen and oxygen atoms in total. The summed E-state index contributed by atoms with van der Waals surface area (Å²) in [5.41, 5.74) is 0.261. The van der Waals surface area contributed by atoms with Crippen LogP contribution in [0.1, 0.15) is 16.1 Å². The fourth-order valence-corrected chi connectivity index (χ4v) is 1.52. The lowest BCUT2D eigenvalue weighted by molar-refractivity contribution is 0.0694. The van der Waals surface area contributed by atoms with Gasteiger partial charge in [0.1, 0.15) is 34.6 Å². The highest BCUT2D eigenvalue weighted by Gasteiger charge is 2.13. The van der Waals surface area contributed by atoms with E-state index in [1.807, 2.05) is 6.07 Å². The van der Waals surface area contributed by atoms with Crippen LogP contribution in [0, 0.1) is 11.3 Å². The van der Waals surface area contributed by atoms with E-state index >= 15 is 0 Å². The van der Waals surface area contributed by atoms with Crippen molar-refractivity contribution in [2.45, 2.75) is 0 Å². The number of methoxy groups -OCH3 is 1. The molecule has 20 heavy (non-hydrogen) atoms. The van der Waals surface area contributed by atoms with E-state index in [4.69, 9.17) is 19.8 Å². The van der Waals surface area contributed by atoms with Gasteiger partial charge in [-0.3, -0.25) is 0 Å². The van der Waals surface area contributed by atoms with E-state index < -0.39 is 5.97 Å². The molecule has 6 heteroatoms. The molecule has 0 bridgehead atoms. The first-order valence-corrected chi connectivity index (χ1v) is 5.59. The van der Waals surface area contributed by atoms with Crippen molar-refractivity contribution in [3.05, 3.63) is 47.8 Å². The minimum absolute atomic E-state index is 0.00941. The Morgan fingerprint density at radius 1 is 1.30 bits per heavy atom. The number of carboxylic acid groups (broad SMARTS) is 1. The van der Waals surface area contributed by atoms with E-state index in [1.165, 1.54) is 43.6 Å². The second-order valence-electron chi connectivity index (χ2n) is 3.76. The summed E-state index contributed by atoms with van der Waals surface area (Å²) in [5, 5.41) is 17.8. The maximum absolute atomic E-state index is 11.1. The number of rotatable bonds is 4. The van der Waals surface area contributed by atoms with Crippen LogP contribution < -0.4 is 9.47 Å². The molecule has 0 saturated carbocycles. The second-order valence-corrected chi connectivity index (χ2v) is 3.76. The van der Waals surface area contributed by atoms with Gasteiger partial charge >= 0.3 is 5.97 Å². The normalized spacial score (nSPS) is 9.60. The Bertz CT molecular complexity index is 675. The van der Waals surface area contributed by atoms with Crippen LogP contribution >= 0.6 is 0 Å². The topological polar surface area (TPSA) is 92.4 Å². The fourth-order valence-electron chi connectivity index (χ4n) is 1.52. The molecule has 0 aliphatic carbocycles. The van der Waals surface area contributed by atoms with Crippen molar-refractivity contribution < 1.29 is 19.4 Å². The SMILES string of the molecule is COc1ccc(C(=O)O)c(Oc2ccc(C#N)nc2)c1. The molecule has 0 aliphatic heterocycles. The largest absolute Gasteiger partial charge is 0.497 e. The molecule has 0 aliphatic rings. The Morgan fingerprint density at radius 2 is 2.05 bits per heavy atom. The molecule has 100 valence electrons. The highest BCUT2D eigenvalue weighted by Crippen LogP contribution is 2.29. The highest BCUT2D eigenvalue weighted by molar-refractivity contribution is 5.91. The zero-order valence-electron chi connectivity index (χ0n) is 10.5. The standard InChI is InChI=1S/C14H10N2O4/c1-19-10-4-5-12(14(17)18)13(6-10)20-11-3-2-9(7-15)16-8-11/h2-6,8H,1H3,(H,17,18). The number of aromatic carboxylic acids is 1. The molecule has 0 amide bonds. The number of hydrogen-bond acceptors (Lipinski definition) is 5. The van der Waals surface area contributed by atoms with E-state index in [1.54, 1.807) is 0 Å². The molecule has 1 aromatic carbocycles. The first-order chi connectivity index (χ1) is 9.63. The average Bonchev–Trinajstić information content (AvgIpc) is 2.47. The van der Waals surface area contributed by atoms with Crippen molar-refractivity contribution in [3.8, 4) is 23.3 Å². The summed E-state index contributed by atoms with van der Waals surface area (Å²) in [6, 6.07) is 9.31. The molecule has 0 fully saturated rings. The maximum Gasteiger partial charge on any atom is 0.339 e. The summed E-state index contributed by atoms with van der Waals surface area (Å²) >= 11 is 0. The number of ether oxygens (including phenoxy) is 2. The third-order valence-electron chi connectivity index (χ3n) is 2.50. The molecule has 2 aromatic rings. The van der Waals surface area contributed by atoms with Gasteiger partial charge < -0.3 is 14.6 Å². The van der Waals surface area contributed by atoms with Crippen molar-refractivity contribution in [2.75, 3.05) is 7.11 Å². The van der Waals surface area contributed by atoms with Gasteiger partial charge in [-0.2, -0.15) is 5.26 Å². The second kappa shape index (κ2) is 5.71. The molecule has 0 unspecified atom stereocenters. The number of nitriles is 1. The average molecular weight is 270 g/mol. The number of pyridine rings is 1. The first kappa shape index (κ1) is 13.4. The van der Waals surface area contributed by atoms with Crippen LogP contribution in [0.2, 0.25) is 0 Å². The van der Waals surface area contributed by atoms with Crippen LogP contribution in [0.3, 0.4) is 0 Å². The van der Waals surface area contributed by atoms with Crippen LogP contribution in [0.15, 0.2) is 36.5 Å². The molecule has 0 spiro atoms. The van der Waals surface area contributed by atoms with Gasteiger partial charge in [0.25, 0.3) is 0 Å². The maximum atomic E-state index is 11.1. The Morgan fingerprint density at radius 3 is 2.60 bits per heavy atom. The molecule has 1 N–H and O–H groups in total. The highest BCUT2D eigenvalue weighted by atomic mass is 16.5. The molecule has 0 saturated heterocycles. The number of carboxylic acids is 1. The van der Waals surface area contributed by atoms with Crippen LogP contribution in [0.25, 0.3) is 0 Å². The molecule has 0 radical (unpaired) electrons. The number of nitrogens with zero attached hydrogens (tertiary/aromatic N) is 2. The summed E-state index contributed by atoms with van der Waals surface area (Å²) < 4.78 is 10.5. The van der Waals surface area contributed by atoms with E-state index in [0.29, 0.717) is 11.5 Å². The Kier molecular flexibility index (Phi) is 3.82. The van der Waals surface area contributed by atoms with Crippen molar-refractivity contribution >= 4 is 5.97 Å². The summed E-state index contributed by atoms with van der Waals surface area (Å²) in [4.78, 5) is 15.0. The third-order valence-corrected chi connectivity index (χ3v) is 2.50. The van der Waals surface area contributed by atoms with Gasteiger partial charge in [-0.1, -0.05) is 0 Å². The Labute approximate surface area is 114 Å². The summed E-state index contributed by atoms with van der Waals surface area (Å²) in [5.74, 6) is -0.154. The molecular formula is C14H10N2O4. The van der Waals surface area contributed by atoms with Crippen LogP contribution in [0.5, 0.6) is 17.2 Å². The first-order valence-electron chi connectivity index (χ1n) is 5.59. The van der Waals surface area contributed by atoms with Gasteiger partial charge in [0.05, 0.1) is 13.3 Å². The van der Waals surface area contributed by atoms with Crippen molar-refractivity contribution in [3.63, 3.8) is 0 Å². The molecule has 1 heterocycles. The van der Waals surface area contributed by atoms with E-state index in [2.05, 4.69) is 4.98 Å². The van der Waals surface area contributed by atoms with Gasteiger partial charge in [0, 0.05) is 6.07 Å². The van der Waals surface area contributed by atoms with E-state index in [-0.39, 0.29) is 17.0 Å². The minimum Gasteiger partial charge on any atom is -0.497 e. The van der Waals surface area contributed by atoms with Crippen LogP contribution in [-0.2, 0) is 0 Å². The molecule has 2 rings (SSSR count). The van der Waals surface area contributed by atoms with Crippen LogP contribution in [0.4, 0.5) is 0 Å². The number of benzene rings is 1. The van der Waals surface area contributed by atoms with Gasteiger partial charge in [0.15, 0.2) is 0 Å². The lowest BCUT2D eigenvalue weighted by atomic mass is 10.2. The molecule has 0 atom stereocenters. The third kappa shape index (κ3) is 2.84. The summed E-state index contributed by atoms with van der Waals surface area (Å²) in [7, 11) is 1.48. The van der Waals surface area contributed by atoms with Gasteiger partial charge in [0.2, 0.25) is 0 Å². The molecular weight excluding hydrogens is 260 g/mol. The Balaban J connectivity index is 2.35. The zero-order valence-corrected chi connectivity index (χ0v) is 10.5. The fraction of sp³-hybridized carbons (Fsp3) is 0.0714.